The molecular weight excluding hydrogens is 418 g/mol. The summed E-state index contributed by atoms with van der Waals surface area (Å²) < 4.78 is 3.12. The summed E-state index contributed by atoms with van der Waals surface area (Å²) in [6, 6.07) is 12.6. The number of nitrogens with zero attached hydrogens (tertiary/aromatic N) is 2. The molecule has 0 saturated carbocycles. The average Bonchev–Trinajstić information content (AvgIpc) is 2.86. The van der Waals surface area contributed by atoms with Crippen LogP contribution in [-0.2, 0) is 0 Å². The standard InChI is InChI=1S/C22H22BrN3O2/c1-13-8-7-9-14(2)21(13)26-15(3)18(20(23)16(26)4)12-24-25-22(28)17-10-5-6-11-19(17)27/h5-12,27H,1-4H3,(H,25,28)/b24-12-. The maximum atomic E-state index is 12.2. The van der Waals surface area contributed by atoms with Crippen LogP contribution in [0.1, 0.15) is 38.4 Å². The van der Waals surface area contributed by atoms with E-state index in [4.69, 9.17) is 0 Å². The first kappa shape index (κ1) is 19.9. The molecule has 0 fully saturated rings. The van der Waals surface area contributed by atoms with Crippen LogP contribution in [0, 0.1) is 27.7 Å². The van der Waals surface area contributed by atoms with Gasteiger partial charge in [-0.1, -0.05) is 30.3 Å². The van der Waals surface area contributed by atoms with Crippen LogP contribution in [0.4, 0.5) is 0 Å². The molecule has 0 atom stereocenters. The fraction of sp³-hybridized carbons (Fsp3) is 0.182. The van der Waals surface area contributed by atoms with Gasteiger partial charge in [0.1, 0.15) is 5.75 Å². The predicted octanol–water partition coefficient (Wildman–Crippen LogP) is 4.94. The maximum Gasteiger partial charge on any atom is 0.275 e. The smallest absolute Gasteiger partial charge is 0.275 e. The molecule has 0 unspecified atom stereocenters. The van der Waals surface area contributed by atoms with Gasteiger partial charge in [-0.05, 0) is 66.9 Å². The topological polar surface area (TPSA) is 66.6 Å². The number of hydrazone groups is 1. The third-order valence-electron chi connectivity index (χ3n) is 4.79. The molecule has 0 radical (unpaired) electrons. The number of carbonyl (C=O) groups is 1. The van der Waals surface area contributed by atoms with E-state index in [9.17, 15) is 9.90 Å². The van der Waals surface area contributed by atoms with E-state index in [0.717, 1.165) is 27.1 Å². The largest absolute Gasteiger partial charge is 0.507 e. The van der Waals surface area contributed by atoms with Gasteiger partial charge in [0.05, 0.1) is 17.5 Å². The average molecular weight is 440 g/mol. The number of nitrogens with one attached hydrogen (secondary N) is 1. The van der Waals surface area contributed by atoms with Crippen LogP contribution in [0.15, 0.2) is 52.0 Å². The van der Waals surface area contributed by atoms with Crippen molar-refractivity contribution >= 4 is 28.1 Å². The van der Waals surface area contributed by atoms with Crippen molar-refractivity contribution in [2.75, 3.05) is 0 Å². The van der Waals surface area contributed by atoms with Gasteiger partial charge in [0, 0.05) is 21.4 Å². The molecular formula is C22H22BrN3O2. The first-order valence-electron chi connectivity index (χ1n) is 8.88. The molecule has 0 aliphatic carbocycles. The normalized spacial score (nSPS) is 11.2. The highest BCUT2D eigenvalue weighted by molar-refractivity contribution is 9.10. The van der Waals surface area contributed by atoms with E-state index in [1.807, 2.05) is 19.9 Å². The van der Waals surface area contributed by atoms with E-state index in [1.54, 1.807) is 24.4 Å². The van der Waals surface area contributed by atoms with Gasteiger partial charge < -0.3 is 9.67 Å². The van der Waals surface area contributed by atoms with Crippen molar-refractivity contribution in [3.63, 3.8) is 0 Å². The lowest BCUT2D eigenvalue weighted by Gasteiger charge is -2.15. The fourth-order valence-corrected chi connectivity index (χ4v) is 3.92. The Kier molecular flexibility index (Phi) is 5.70. The second-order valence-corrected chi connectivity index (χ2v) is 7.48. The number of phenols is 1. The molecule has 2 aromatic carbocycles. The molecule has 1 aromatic heterocycles. The number of amides is 1. The molecule has 6 heteroatoms. The number of halogens is 1. The van der Waals surface area contributed by atoms with Crippen LogP contribution in [0.2, 0.25) is 0 Å². The van der Waals surface area contributed by atoms with Crippen molar-refractivity contribution in [3.8, 4) is 11.4 Å². The van der Waals surface area contributed by atoms with Gasteiger partial charge in [-0.3, -0.25) is 4.79 Å². The number of benzene rings is 2. The van der Waals surface area contributed by atoms with Crippen LogP contribution >= 0.6 is 15.9 Å². The monoisotopic (exact) mass is 439 g/mol. The summed E-state index contributed by atoms with van der Waals surface area (Å²) in [5, 5.41) is 13.9. The lowest BCUT2D eigenvalue weighted by molar-refractivity contribution is 0.0952. The summed E-state index contributed by atoms with van der Waals surface area (Å²) in [5.41, 5.74) is 9.14. The van der Waals surface area contributed by atoms with E-state index >= 15 is 0 Å². The van der Waals surface area contributed by atoms with Crippen LogP contribution in [0.3, 0.4) is 0 Å². The van der Waals surface area contributed by atoms with Crippen LogP contribution in [0.5, 0.6) is 5.75 Å². The van der Waals surface area contributed by atoms with E-state index in [2.05, 4.69) is 57.0 Å². The Balaban J connectivity index is 1.93. The van der Waals surface area contributed by atoms with Crippen LogP contribution < -0.4 is 5.43 Å². The molecule has 0 spiro atoms. The van der Waals surface area contributed by atoms with Crippen LogP contribution in [-0.4, -0.2) is 21.8 Å². The molecule has 0 saturated heterocycles. The quantitative estimate of drug-likeness (QED) is 0.446. The minimum Gasteiger partial charge on any atom is -0.507 e. The molecule has 3 rings (SSSR count). The number of hydrogen-bond donors (Lipinski definition) is 2. The summed E-state index contributed by atoms with van der Waals surface area (Å²) in [6.45, 7) is 8.25. The summed E-state index contributed by atoms with van der Waals surface area (Å²) >= 11 is 3.66. The first-order chi connectivity index (χ1) is 13.3. The van der Waals surface area contributed by atoms with Crippen molar-refractivity contribution in [3.05, 3.63) is 80.6 Å². The Bertz CT molecular complexity index is 1060. The van der Waals surface area contributed by atoms with Crippen molar-refractivity contribution in [2.24, 2.45) is 5.10 Å². The first-order valence-corrected chi connectivity index (χ1v) is 9.67. The number of carbonyl (C=O) groups excluding carboxylic acids is 1. The van der Waals surface area contributed by atoms with Crippen LogP contribution in [0.25, 0.3) is 5.69 Å². The van der Waals surface area contributed by atoms with Crippen molar-refractivity contribution in [2.45, 2.75) is 27.7 Å². The highest BCUT2D eigenvalue weighted by Gasteiger charge is 2.18. The number of rotatable bonds is 4. The molecule has 2 N–H and O–H groups in total. The molecule has 0 aliphatic heterocycles. The van der Waals surface area contributed by atoms with Gasteiger partial charge in [0.15, 0.2) is 0 Å². The van der Waals surface area contributed by atoms with Gasteiger partial charge >= 0.3 is 0 Å². The van der Waals surface area contributed by atoms with Gasteiger partial charge in [-0.15, -0.1) is 0 Å². The maximum absolute atomic E-state index is 12.2. The van der Waals surface area contributed by atoms with Crippen molar-refractivity contribution in [1.82, 2.24) is 9.99 Å². The molecule has 0 bridgehead atoms. The second-order valence-electron chi connectivity index (χ2n) is 6.69. The van der Waals surface area contributed by atoms with Gasteiger partial charge in [0.2, 0.25) is 0 Å². The van der Waals surface area contributed by atoms with E-state index in [0.29, 0.717) is 0 Å². The number of phenolic OH excluding ortho intramolecular Hbond substituents is 1. The number of aromatic hydroxyl groups is 1. The highest BCUT2D eigenvalue weighted by atomic mass is 79.9. The zero-order chi connectivity index (χ0) is 20.4. The SMILES string of the molecule is Cc1cccc(C)c1-n1c(C)c(Br)c(/C=N\NC(=O)c2ccccc2O)c1C. The van der Waals surface area contributed by atoms with Gasteiger partial charge in [-0.2, -0.15) is 5.10 Å². The lowest BCUT2D eigenvalue weighted by Crippen LogP contribution is -2.17. The summed E-state index contributed by atoms with van der Waals surface area (Å²) in [5.74, 6) is -0.543. The van der Waals surface area contributed by atoms with Gasteiger partial charge in [-0.25, -0.2) is 5.43 Å². The number of para-hydroxylation sites is 2. The second kappa shape index (κ2) is 8.02. The minimum absolute atomic E-state index is 0.0791. The van der Waals surface area contributed by atoms with E-state index in [1.165, 1.54) is 17.2 Å². The van der Waals surface area contributed by atoms with Crippen molar-refractivity contribution in [1.29, 1.82) is 0 Å². The Morgan fingerprint density at radius 1 is 1.04 bits per heavy atom. The lowest BCUT2D eigenvalue weighted by atomic mass is 10.1. The highest BCUT2D eigenvalue weighted by Crippen LogP contribution is 2.32. The van der Waals surface area contributed by atoms with Crippen molar-refractivity contribution < 1.29 is 9.90 Å². The van der Waals surface area contributed by atoms with E-state index < -0.39 is 5.91 Å². The number of aryl methyl sites for hydroxylation is 2. The molecule has 28 heavy (non-hydrogen) atoms. The Labute approximate surface area is 172 Å². The Morgan fingerprint density at radius 3 is 2.32 bits per heavy atom. The van der Waals surface area contributed by atoms with Gasteiger partial charge in [0.25, 0.3) is 5.91 Å². The zero-order valence-corrected chi connectivity index (χ0v) is 17.8. The predicted molar refractivity (Wildman–Crippen MR) is 116 cm³/mol. The molecule has 0 aliphatic rings. The Morgan fingerprint density at radius 2 is 1.68 bits per heavy atom. The molecule has 1 heterocycles. The fourth-order valence-electron chi connectivity index (χ4n) is 3.35. The number of hydrogen-bond acceptors (Lipinski definition) is 3. The minimum atomic E-state index is -0.464. The van der Waals surface area contributed by atoms with E-state index in [-0.39, 0.29) is 11.3 Å². The zero-order valence-electron chi connectivity index (χ0n) is 16.2. The summed E-state index contributed by atoms with van der Waals surface area (Å²) in [4.78, 5) is 12.2. The number of aromatic nitrogens is 1. The third kappa shape index (κ3) is 3.60. The molecule has 5 nitrogen and oxygen atoms in total. The molecule has 1 amide bonds. The molecule has 144 valence electrons. The molecule has 3 aromatic rings. The summed E-state index contributed by atoms with van der Waals surface area (Å²) in [6.07, 6.45) is 1.62. The summed E-state index contributed by atoms with van der Waals surface area (Å²) in [7, 11) is 0. The third-order valence-corrected chi connectivity index (χ3v) is 5.79. The Hall–Kier alpha value is -2.86.